The molecule has 0 atom stereocenters. The van der Waals surface area contributed by atoms with Crippen LogP contribution in [0.3, 0.4) is 0 Å². The number of carbonyl (C=O) groups is 1. The molecule has 0 aliphatic carbocycles. The predicted octanol–water partition coefficient (Wildman–Crippen LogP) is 3.14. The molecule has 8 nitrogen and oxygen atoms in total. The number of rotatable bonds is 9. The number of alkyl halides is 6. The van der Waals surface area contributed by atoms with Crippen molar-refractivity contribution in [3.05, 3.63) is 24.3 Å². The molecule has 0 fully saturated rings. The minimum atomic E-state index is -7.38. The first-order valence-electron chi connectivity index (χ1n) is 8.08. The van der Waals surface area contributed by atoms with Crippen molar-refractivity contribution in [3.8, 4) is 5.75 Å². The summed E-state index contributed by atoms with van der Waals surface area (Å²) in [5, 5.41) is -11.4. The van der Waals surface area contributed by atoms with Gasteiger partial charge in [-0.15, -0.1) is 0 Å². The SMILES string of the molecule is CCC(C)(C)C(=O)Nc1ccc(OS(=O)(=O)C(F)(F)C(F)(F)C(F)(F)S(=O)(=O)[O-])cc1. The molecule has 1 N–H and O–H groups in total. The van der Waals surface area contributed by atoms with Gasteiger partial charge in [0.15, 0.2) is 10.1 Å². The van der Waals surface area contributed by atoms with Gasteiger partial charge in [0.25, 0.3) is 0 Å². The van der Waals surface area contributed by atoms with Gasteiger partial charge in [0, 0.05) is 11.1 Å². The first-order chi connectivity index (χ1) is 13.6. The lowest BCUT2D eigenvalue weighted by atomic mass is 9.89. The summed E-state index contributed by atoms with van der Waals surface area (Å²) in [6, 6.07) is 3.12. The molecule has 1 amide bonds. The normalized spacial score (nSPS) is 14.3. The Morgan fingerprint density at radius 2 is 1.42 bits per heavy atom. The van der Waals surface area contributed by atoms with Crippen molar-refractivity contribution in [2.24, 2.45) is 5.41 Å². The van der Waals surface area contributed by atoms with Crippen molar-refractivity contribution in [2.45, 2.75) is 43.6 Å². The van der Waals surface area contributed by atoms with Crippen LogP contribution in [0.4, 0.5) is 32.0 Å². The van der Waals surface area contributed by atoms with Gasteiger partial charge in [-0.05, 0) is 30.7 Å². The molecule has 0 saturated heterocycles. The second kappa shape index (κ2) is 8.12. The highest BCUT2D eigenvalue weighted by molar-refractivity contribution is 7.88. The molecule has 16 heteroatoms. The smallest absolute Gasteiger partial charge is 0.450 e. The Labute approximate surface area is 173 Å². The van der Waals surface area contributed by atoms with Crippen molar-refractivity contribution in [1.82, 2.24) is 0 Å². The number of halogens is 6. The number of hydrogen-bond donors (Lipinski definition) is 1. The number of nitrogens with one attached hydrogen (secondary N) is 1. The van der Waals surface area contributed by atoms with E-state index in [2.05, 4.69) is 9.50 Å². The number of hydrogen-bond acceptors (Lipinski definition) is 7. The quantitative estimate of drug-likeness (QED) is 0.313. The van der Waals surface area contributed by atoms with Gasteiger partial charge >= 0.3 is 26.5 Å². The number of carbonyl (C=O) groups excluding carboxylic acids is 1. The van der Waals surface area contributed by atoms with E-state index in [1.807, 2.05) is 0 Å². The van der Waals surface area contributed by atoms with E-state index in [0.717, 1.165) is 12.1 Å². The van der Waals surface area contributed by atoms with Gasteiger partial charge in [-0.2, -0.15) is 34.8 Å². The van der Waals surface area contributed by atoms with Gasteiger partial charge in [-0.3, -0.25) is 4.79 Å². The topological polar surface area (TPSA) is 130 Å². The van der Waals surface area contributed by atoms with Crippen LogP contribution < -0.4 is 9.50 Å². The zero-order valence-electron chi connectivity index (χ0n) is 16.0. The van der Waals surface area contributed by atoms with Crippen molar-refractivity contribution in [3.63, 3.8) is 0 Å². The van der Waals surface area contributed by atoms with Gasteiger partial charge in [-0.25, -0.2) is 8.42 Å². The highest BCUT2D eigenvalue weighted by Crippen LogP contribution is 2.50. The molecule has 1 rings (SSSR count). The second-order valence-corrected chi connectivity index (χ2v) is 9.82. The van der Waals surface area contributed by atoms with Gasteiger partial charge in [0.1, 0.15) is 5.75 Å². The molecule has 0 radical (unpaired) electrons. The van der Waals surface area contributed by atoms with Crippen LogP contribution >= 0.6 is 0 Å². The van der Waals surface area contributed by atoms with Crippen LogP contribution in [0.15, 0.2) is 24.3 Å². The number of benzene rings is 1. The number of amides is 1. The summed E-state index contributed by atoms with van der Waals surface area (Å²) >= 11 is 0. The zero-order valence-corrected chi connectivity index (χ0v) is 17.6. The van der Waals surface area contributed by atoms with E-state index < -0.39 is 53.7 Å². The Balaban J connectivity index is 3.18. The summed E-state index contributed by atoms with van der Waals surface area (Å²) in [6.07, 6.45) is 0.436. The Hall–Kier alpha value is -2.07. The largest absolute Gasteiger partial charge is 0.743 e. The highest BCUT2D eigenvalue weighted by Gasteiger charge is 2.81. The van der Waals surface area contributed by atoms with Crippen LogP contribution in [0, 0.1) is 5.41 Å². The molecule has 0 bridgehead atoms. The summed E-state index contributed by atoms with van der Waals surface area (Å²) < 4.78 is 138. The van der Waals surface area contributed by atoms with Gasteiger partial charge in [0.2, 0.25) is 5.91 Å². The third-order valence-corrected chi connectivity index (χ3v) is 6.36. The molecule has 0 aliphatic heterocycles. The highest BCUT2D eigenvalue weighted by atomic mass is 32.2. The fourth-order valence-electron chi connectivity index (χ4n) is 1.72. The monoisotopic (exact) mass is 500 g/mol. The molecule has 31 heavy (non-hydrogen) atoms. The molecule has 0 aromatic heterocycles. The minimum Gasteiger partial charge on any atom is -0.743 e. The van der Waals surface area contributed by atoms with Crippen LogP contribution in [0.1, 0.15) is 27.2 Å². The Bertz CT molecular complexity index is 1040. The molecule has 1 aromatic rings. The van der Waals surface area contributed by atoms with E-state index >= 15 is 0 Å². The molecular weight excluding hydrogens is 484 g/mol. The maximum Gasteiger partial charge on any atom is 0.450 e. The molecule has 0 spiro atoms. The summed E-state index contributed by atoms with van der Waals surface area (Å²) in [7, 11) is -14.3. The molecule has 0 heterocycles. The van der Waals surface area contributed by atoms with Crippen molar-refractivity contribution in [2.75, 3.05) is 5.32 Å². The summed E-state index contributed by atoms with van der Waals surface area (Å²) in [5.74, 6) is -8.70. The lowest BCUT2D eigenvalue weighted by Crippen LogP contribution is -2.61. The second-order valence-electron chi connectivity index (χ2n) is 6.82. The number of anilines is 1. The van der Waals surface area contributed by atoms with Crippen LogP contribution in [0.5, 0.6) is 5.75 Å². The Morgan fingerprint density at radius 3 is 1.81 bits per heavy atom. The molecule has 0 aliphatic rings. The van der Waals surface area contributed by atoms with Crippen LogP contribution in [-0.2, 0) is 25.0 Å². The van der Waals surface area contributed by atoms with Gasteiger partial charge in [0.05, 0.1) is 0 Å². The Morgan fingerprint density at radius 1 is 0.968 bits per heavy atom. The van der Waals surface area contributed by atoms with Crippen LogP contribution in [-0.4, -0.2) is 43.7 Å². The zero-order chi connectivity index (χ0) is 24.7. The molecular formula is C15H16F6NO7S2-. The van der Waals surface area contributed by atoms with Crippen molar-refractivity contribution >= 4 is 31.8 Å². The van der Waals surface area contributed by atoms with Gasteiger partial charge in [-0.1, -0.05) is 20.8 Å². The lowest BCUT2D eigenvalue weighted by molar-refractivity contribution is -0.247. The lowest BCUT2D eigenvalue weighted by Gasteiger charge is -2.32. The molecule has 0 unspecified atom stereocenters. The average Bonchev–Trinajstić information content (AvgIpc) is 2.61. The van der Waals surface area contributed by atoms with E-state index in [1.54, 1.807) is 20.8 Å². The van der Waals surface area contributed by atoms with Crippen LogP contribution in [0.2, 0.25) is 0 Å². The van der Waals surface area contributed by atoms with E-state index in [1.165, 1.54) is 0 Å². The van der Waals surface area contributed by atoms with E-state index in [-0.39, 0.29) is 5.69 Å². The molecule has 0 saturated carbocycles. The Kier molecular flexibility index (Phi) is 7.07. The summed E-state index contributed by atoms with van der Waals surface area (Å²) in [4.78, 5) is 12.0. The maximum absolute atomic E-state index is 13.7. The van der Waals surface area contributed by atoms with Crippen molar-refractivity contribution in [1.29, 1.82) is 0 Å². The molecule has 178 valence electrons. The van der Waals surface area contributed by atoms with Crippen molar-refractivity contribution < 1.29 is 56.7 Å². The van der Waals surface area contributed by atoms with Crippen LogP contribution in [0.25, 0.3) is 0 Å². The first-order valence-corrected chi connectivity index (χ1v) is 10.9. The minimum absolute atomic E-state index is 0.0253. The van der Waals surface area contributed by atoms with Gasteiger partial charge < -0.3 is 14.1 Å². The first kappa shape index (κ1) is 27.0. The maximum atomic E-state index is 13.7. The fourth-order valence-corrected chi connectivity index (χ4v) is 3.14. The fraction of sp³-hybridized carbons (Fsp3) is 0.533. The van der Waals surface area contributed by atoms with E-state index in [0.29, 0.717) is 18.6 Å². The predicted molar refractivity (Wildman–Crippen MR) is 93.2 cm³/mol. The summed E-state index contributed by atoms with van der Waals surface area (Å²) in [5.41, 5.74) is -0.781. The third-order valence-electron chi connectivity index (χ3n) is 4.18. The third kappa shape index (κ3) is 4.90. The molecule has 1 aromatic carbocycles. The standard InChI is InChI=1S/C15H17F6NO7S2/c1-4-12(2,3)11(23)22-9-5-7-10(8-6-9)29-31(27,28)15(20,21)13(16,17)14(18,19)30(24,25)26/h5-8H,4H2,1-3H3,(H,22,23)(H,24,25,26)/p-1. The van der Waals surface area contributed by atoms with E-state index in [4.69, 9.17) is 0 Å². The average molecular weight is 500 g/mol. The van der Waals surface area contributed by atoms with E-state index in [9.17, 15) is 52.5 Å². The summed E-state index contributed by atoms with van der Waals surface area (Å²) in [6.45, 7) is 4.93.